The van der Waals surface area contributed by atoms with Crippen LogP contribution in [0.4, 0.5) is 0 Å². The molecule has 0 saturated carbocycles. The van der Waals surface area contributed by atoms with Crippen molar-refractivity contribution in [3.8, 4) is 0 Å². The number of carbonyl (C=O) groups excluding carboxylic acids is 1. The van der Waals surface area contributed by atoms with Crippen LogP contribution in [0.5, 0.6) is 0 Å². The Morgan fingerprint density at radius 2 is 2.00 bits per heavy atom. The summed E-state index contributed by atoms with van der Waals surface area (Å²) < 4.78 is 0.656. The van der Waals surface area contributed by atoms with E-state index < -0.39 is 0 Å². The zero-order valence-electron chi connectivity index (χ0n) is 8.73. The summed E-state index contributed by atoms with van der Waals surface area (Å²) in [5.74, 6) is 0.0376. The van der Waals surface area contributed by atoms with E-state index in [0.717, 1.165) is 18.0 Å². The van der Waals surface area contributed by atoms with Crippen LogP contribution in [0.3, 0.4) is 0 Å². The fourth-order valence-electron chi connectivity index (χ4n) is 1.75. The van der Waals surface area contributed by atoms with Crippen LogP contribution in [0.25, 0.3) is 0 Å². The highest BCUT2D eigenvalue weighted by Crippen LogP contribution is 2.30. The molecule has 0 bridgehead atoms. The van der Waals surface area contributed by atoms with Crippen LogP contribution < -0.4 is 0 Å². The van der Waals surface area contributed by atoms with E-state index in [2.05, 4.69) is 4.90 Å². The van der Waals surface area contributed by atoms with Crippen molar-refractivity contribution in [3.63, 3.8) is 0 Å². The molecule has 5 heteroatoms. The third-order valence-corrected chi connectivity index (χ3v) is 4.15. The molecule has 2 saturated heterocycles. The standard InChI is InChI=1S/C10H14N2OS2/c1-11-9(13)8(15-10(11)14)7-12-5-3-2-4-6-12/h7H,2-6H2,1H3. The fraction of sp³-hybridized carbons (Fsp3) is 0.600. The Labute approximate surface area is 99.5 Å². The van der Waals surface area contributed by atoms with E-state index in [-0.39, 0.29) is 5.91 Å². The van der Waals surface area contributed by atoms with Crippen LogP contribution in [-0.2, 0) is 4.79 Å². The molecule has 0 unspecified atom stereocenters. The molecule has 15 heavy (non-hydrogen) atoms. The normalized spacial score (nSPS) is 25.5. The first-order chi connectivity index (χ1) is 7.18. The number of hydrogen-bond donors (Lipinski definition) is 0. The molecule has 0 aliphatic carbocycles. The summed E-state index contributed by atoms with van der Waals surface area (Å²) in [7, 11) is 1.73. The van der Waals surface area contributed by atoms with Gasteiger partial charge < -0.3 is 4.90 Å². The molecule has 0 aromatic rings. The summed E-state index contributed by atoms with van der Waals surface area (Å²) >= 11 is 6.47. The molecule has 2 fully saturated rings. The van der Waals surface area contributed by atoms with Crippen molar-refractivity contribution >= 4 is 34.2 Å². The third-order valence-electron chi connectivity index (χ3n) is 2.68. The number of nitrogens with zero attached hydrogens (tertiary/aromatic N) is 2. The van der Waals surface area contributed by atoms with Gasteiger partial charge in [-0.25, -0.2) is 0 Å². The number of piperidine rings is 1. The van der Waals surface area contributed by atoms with Gasteiger partial charge in [-0.1, -0.05) is 24.0 Å². The lowest BCUT2D eigenvalue weighted by atomic mass is 10.1. The highest BCUT2D eigenvalue weighted by molar-refractivity contribution is 8.26. The van der Waals surface area contributed by atoms with Gasteiger partial charge in [0.15, 0.2) is 0 Å². The van der Waals surface area contributed by atoms with Gasteiger partial charge in [-0.3, -0.25) is 9.69 Å². The van der Waals surface area contributed by atoms with Crippen molar-refractivity contribution in [2.75, 3.05) is 20.1 Å². The summed E-state index contributed by atoms with van der Waals surface area (Å²) in [6, 6.07) is 0. The molecule has 0 atom stereocenters. The average Bonchev–Trinajstić information content (AvgIpc) is 2.48. The van der Waals surface area contributed by atoms with Gasteiger partial charge in [0.05, 0.1) is 4.91 Å². The van der Waals surface area contributed by atoms with Gasteiger partial charge in [-0.2, -0.15) is 0 Å². The van der Waals surface area contributed by atoms with Crippen molar-refractivity contribution in [1.82, 2.24) is 9.80 Å². The summed E-state index contributed by atoms with van der Waals surface area (Å²) in [6.07, 6.45) is 5.73. The number of carbonyl (C=O) groups is 1. The SMILES string of the molecule is CN1C(=O)C(=CN2CCCCC2)SC1=S. The molecule has 3 nitrogen and oxygen atoms in total. The molecule has 2 aliphatic heterocycles. The number of likely N-dealkylation sites (N-methyl/N-ethyl adjacent to an activating group) is 1. The topological polar surface area (TPSA) is 23.6 Å². The smallest absolute Gasteiger partial charge is 0.267 e. The minimum atomic E-state index is 0.0376. The van der Waals surface area contributed by atoms with Crippen molar-refractivity contribution in [2.45, 2.75) is 19.3 Å². The Bertz CT molecular complexity index is 321. The van der Waals surface area contributed by atoms with E-state index in [1.807, 2.05) is 6.20 Å². The number of amides is 1. The predicted molar refractivity (Wildman–Crippen MR) is 66.5 cm³/mol. The Morgan fingerprint density at radius 3 is 2.53 bits per heavy atom. The van der Waals surface area contributed by atoms with E-state index in [9.17, 15) is 4.79 Å². The summed E-state index contributed by atoms with van der Waals surface area (Å²) in [4.78, 5) is 16.2. The minimum absolute atomic E-state index is 0.0376. The number of likely N-dealkylation sites (tertiary alicyclic amines) is 1. The maximum Gasteiger partial charge on any atom is 0.267 e. The van der Waals surface area contributed by atoms with Gasteiger partial charge in [-0.15, -0.1) is 0 Å². The molecule has 2 rings (SSSR count). The summed E-state index contributed by atoms with van der Waals surface area (Å²) in [5.41, 5.74) is 0. The van der Waals surface area contributed by atoms with Gasteiger partial charge in [0.25, 0.3) is 5.91 Å². The van der Waals surface area contributed by atoms with E-state index in [1.165, 1.54) is 35.9 Å². The molecule has 0 spiro atoms. The second-order valence-corrected chi connectivity index (χ2v) is 5.50. The molecule has 82 valence electrons. The highest BCUT2D eigenvalue weighted by Gasteiger charge is 2.29. The van der Waals surface area contributed by atoms with Crippen LogP contribution in [0, 0.1) is 0 Å². The second kappa shape index (κ2) is 4.53. The number of thioether (sulfide) groups is 1. The maximum atomic E-state index is 11.7. The van der Waals surface area contributed by atoms with Gasteiger partial charge in [0.2, 0.25) is 0 Å². The molecule has 0 radical (unpaired) electrons. The van der Waals surface area contributed by atoms with Gasteiger partial charge in [0, 0.05) is 26.3 Å². The molecule has 2 aliphatic rings. The average molecular weight is 242 g/mol. The third kappa shape index (κ3) is 2.34. The monoisotopic (exact) mass is 242 g/mol. The Hall–Kier alpha value is -0.550. The largest absolute Gasteiger partial charge is 0.376 e. The van der Waals surface area contributed by atoms with Crippen molar-refractivity contribution < 1.29 is 4.79 Å². The molecule has 2 heterocycles. The molecule has 0 aromatic carbocycles. The molecular formula is C10H14N2OS2. The lowest BCUT2D eigenvalue weighted by Crippen LogP contribution is -2.26. The van der Waals surface area contributed by atoms with E-state index in [1.54, 1.807) is 7.05 Å². The van der Waals surface area contributed by atoms with E-state index >= 15 is 0 Å². The minimum Gasteiger partial charge on any atom is -0.376 e. The quantitative estimate of drug-likeness (QED) is 0.517. The van der Waals surface area contributed by atoms with E-state index in [0.29, 0.717) is 4.32 Å². The van der Waals surface area contributed by atoms with Crippen molar-refractivity contribution in [3.05, 3.63) is 11.1 Å². The molecule has 1 amide bonds. The van der Waals surface area contributed by atoms with Gasteiger partial charge >= 0.3 is 0 Å². The van der Waals surface area contributed by atoms with Crippen LogP contribution in [0.15, 0.2) is 11.1 Å². The molecule has 0 aromatic heterocycles. The van der Waals surface area contributed by atoms with Crippen LogP contribution in [-0.4, -0.2) is 40.2 Å². The van der Waals surface area contributed by atoms with Gasteiger partial charge in [0.1, 0.15) is 4.32 Å². The zero-order valence-corrected chi connectivity index (χ0v) is 10.4. The van der Waals surface area contributed by atoms with Crippen molar-refractivity contribution in [1.29, 1.82) is 0 Å². The van der Waals surface area contributed by atoms with Gasteiger partial charge in [-0.05, 0) is 19.3 Å². The van der Waals surface area contributed by atoms with Crippen molar-refractivity contribution in [2.24, 2.45) is 0 Å². The Morgan fingerprint density at radius 1 is 1.33 bits per heavy atom. The van der Waals surface area contributed by atoms with Crippen LogP contribution in [0.1, 0.15) is 19.3 Å². The Balaban J connectivity index is 2.07. The lowest BCUT2D eigenvalue weighted by molar-refractivity contribution is -0.121. The van der Waals surface area contributed by atoms with E-state index in [4.69, 9.17) is 12.2 Å². The molecule has 0 N–H and O–H groups in total. The number of thiocarbonyl (C=S) groups is 1. The fourth-order valence-corrected chi connectivity index (χ4v) is 2.94. The first-order valence-electron chi connectivity index (χ1n) is 5.14. The first-order valence-corrected chi connectivity index (χ1v) is 6.36. The number of hydrogen-bond acceptors (Lipinski definition) is 4. The zero-order chi connectivity index (χ0) is 10.8. The predicted octanol–water partition coefficient (Wildman–Crippen LogP) is 1.80. The summed E-state index contributed by atoms with van der Waals surface area (Å²) in [6.45, 7) is 2.13. The molecular weight excluding hydrogens is 228 g/mol. The highest BCUT2D eigenvalue weighted by atomic mass is 32.2. The second-order valence-electron chi connectivity index (χ2n) is 3.82. The Kier molecular flexibility index (Phi) is 3.31. The summed E-state index contributed by atoms with van der Waals surface area (Å²) in [5, 5.41) is 0. The first kappa shape index (κ1) is 11.0. The van der Waals surface area contributed by atoms with Crippen LogP contribution in [0.2, 0.25) is 0 Å². The van der Waals surface area contributed by atoms with Crippen LogP contribution >= 0.6 is 24.0 Å². The maximum absolute atomic E-state index is 11.7. The number of rotatable bonds is 1. The lowest BCUT2D eigenvalue weighted by Gasteiger charge is -2.25.